The van der Waals surface area contributed by atoms with Crippen LogP contribution in [0.5, 0.6) is 0 Å². The van der Waals surface area contributed by atoms with E-state index in [9.17, 15) is 9.46 Å². The van der Waals surface area contributed by atoms with Crippen LogP contribution in [0.1, 0.15) is 168 Å². The van der Waals surface area contributed by atoms with E-state index in [1.54, 1.807) is 0 Å². The topological polar surface area (TPSA) is 77.1 Å². The minimum atomic E-state index is -4.43. The van der Waals surface area contributed by atoms with Gasteiger partial charge in [-0.15, -0.1) is 0 Å². The number of likely N-dealkylation sites (N-methyl/N-ethyl adjacent to an activating group) is 1. The lowest BCUT2D eigenvalue weighted by atomic mass is 10.0. The SMILES string of the molecule is CCCCCCCCCCCCCCCCOCC(COCCCCCCCCCCCC)OP(=O)([O-])OCC[N+](C)(C)C. The van der Waals surface area contributed by atoms with Gasteiger partial charge < -0.3 is 27.9 Å². The second-order valence-electron chi connectivity index (χ2n) is 13.9. The quantitative estimate of drug-likeness (QED) is 0.0382. The highest BCUT2D eigenvalue weighted by Crippen LogP contribution is 2.40. The molecule has 0 aliphatic heterocycles. The predicted molar refractivity (Wildman–Crippen MR) is 185 cm³/mol. The fourth-order valence-corrected chi connectivity index (χ4v) is 6.12. The monoisotopic (exact) mass is 650 g/mol. The number of quaternary nitrogens is 1. The largest absolute Gasteiger partial charge is 0.756 e. The van der Waals surface area contributed by atoms with Gasteiger partial charge in [-0.3, -0.25) is 4.57 Å². The molecule has 0 rings (SSSR count). The van der Waals surface area contributed by atoms with Crippen molar-refractivity contribution < 1.29 is 32.5 Å². The summed E-state index contributed by atoms with van der Waals surface area (Å²) in [6.07, 6.45) is 30.5. The van der Waals surface area contributed by atoms with Gasteiger partial charge in [0.05, 0.1) is 34.4 Å². The first-order valence-corrected chi connectivity index (χ1v) is 20.3. The second-order valence-corrected chi connectivity index (χ2v) is 15.3. The van der Waals surface area contributed by atoms with Crippen LogP contribution >= 0.6 is 7.82 Å². The fourth-order valence-electron chi connectivity index (χ4n) is 5.27. The number of ether oxygens (including phenoxy) is 2. The van der Waals surface area contributed by atoms with Gasteiger partial charge >= 0.3 is 0 Å². The molecule has 0 heterocycles. The van der Waals surface area contributed by atoms with Crippen molar-refractivity contribution in [3.8, 4) is 0 Å². The Morgan fingerprint density at radius 2 is 0.841 bits per heavy atom. The van der Waals surface area contributed by atoms with Crippen LogP contribution < -0.4 is 4.89 Å². The average Bonchev–Trinajstić information content (AvgIpc) is 2.96. The van der Waals surface area contributed by atoms with Crippen molar-refractivity contribution in [2.75, 3.05) is 60.7 Å². The molecule has 0 N–H and O–H groups in total. The molecule has 7 nitrogen and oxygen atoms in total. The molecular weight excluding hydrogens is 573 g/mol. The molecule has 0 radical (unpaired) electrons. The summed E-state index contributed by atoms with van der Waals surface area (Å²) in [6, 6.07) is 0. The van der Waals surface area contributed by atoms with Crippen molar-refractivity contribution >= 4 is 7.82 Å². The molecule has 0 aromatic heterocycles. The molecule has 0 aromatic rings. The van der Waals surface area contributed by atoms with Gasteiger partial charge in [0.1, 0.15) is 19.3 Å². The van der Waals surface area contributed by atoms with Gasteiger partial charge in [-0.05, 0) is 12.8 Å². The summed E-state index contributed by atoms with van der Waals surface area (Å²) in [5.41, 5.74) is 0. The standard InChI is InChI=1S/C36H76NO6P/c1-6-8-10-12-14-16-18-19-20-21-23-25-27-29-32-41-35-36(43-44(38,39)42-33-30-37(3,4)5)34-40-31-28-26-24-22-17-15-13-11-9-7-2/h36H,6-35H2,1-5H3. The molecule has 8 heteroatoms. The lowest BCUT2D eigenvalue weighted by molar-refractivity contribution is -0.870. The number of unbranched alkanes of at least 4 members (excludes halogenated alkanes) is 22. The Hall–Kier alpha value is -0.0100. The van der Waals surface area contributed by atoms with E-state index < -0.39 is 13.9 Å². The average molecular weight is 650 g/mol. The van der Waals surface area contributed by atoms with Gasteiger partial charge in [-0.25, -0.2) is 0 Å². The minimum absolute atomic E-state index is 0.0936. The van der Waals surface area contributed by atoms with Crippen LogP contribution in [0, 0.1) is 0 Å². The van der Waals surface area contributed by atoms with E-state index >= 15 is 0 Å². The number of phosphoric acid groups is 1. The summed E-state index contributed by atoms with van der Waals surface area (Å²) < 4.78 is 35.3. The Kier molecular flexibility index (Phi) is 31.6. The van der Waals surface area contributed by atoms with Gasteiger partial charge in [0.2, 0.25) is 0 Å². The number of rotatable bonds is 36. The minimum Gasteiger partial charge on any atom is -0.756 e. The first-order chi connectivity index (χ1) is 21.2. The maximum absolute atomic E-state index is 12.5. The zero-order chi connectivity index (χ0) is 32.6. The molecule has 0 fully saturated rings. The lowest BCUT2D eigenvalue weighted by Gasteiger charge is -2.30. The zero-order valence-electron chi connectivity index (χ0n) is 30.1. The Morgan fingerprint density at radius 3 is 1.16 bits per heavy atom. The summed E-state index contributed by atoms with van der Waals surface area (Å²) in [6.45, 7) is 6.81. The summed E-state index contributed by atoms with van der Waals surface area (Å²) in [5, 5.41) is 0. The molecule has 0 saturated carbocycles. The molecule has 2 unspecified atom stereocenters. The van der Waals surface area contributed by atoms with Gasteiger partial charge in [-0.2, -0.15) is 0 Å². The summed E-state index contributed by atoms with van der Waals surface area (Å²) in [4.78, 5) is 12.5. The molecule has 266 valence electrons. The zero-order valence-corrected chi connectivity index (χ0v) is 31.0. The van der Waals surface area contributed by atoms with Crippen molar-refractivity contribution in [2.24, 2.45) is 0 Å². The van der Waals surface area contributed by atoms with Crippen LogP contribution in [-0.2, 0) is 23.1 Å². The maximum atomic E-state index is 12.5. The van der Waals surface area contributed by atoms with E-state index in [0.29, 0.717) is 24.2 Å². The Bertz CT molecular complexity index is 630. The molecule has 44 heavy (non-hydrogen) atoms. The highest BCUT2D eigenvalue weighted by Gasteiger charge is 2.20. The highest BCUT2D eigenvalue weighted by atomic mass is 31.2. The van der Waals surface area contributed by atoms with Crippen LogP contribution in [-0.4, -0.2) is 71.3 Å². The van der Waals surface area contributed by atoms with E-state index in [-0.39, 0.29) is 19.8 Å². The molecule has 0 aliphatic rings. The third kappa shape index (κ3) is 34.9. The third-order valence-electron chi connectivity index (χ3n) is 8.18. The van der Waals surface area contributed by atoms with Gasteiger partial charge in [0, 0.05) is 13.2 Å². The predicted octanol–water partition coefficient (Wildman–Crippen LogP) is 10.00. The molecule has 0 amide bonds. The Morgan fingerprint density at radius 1 is 0.523 bits per heavy atom. The number of hydrogen-bond acceptors (Lipinski definition) is 6. The van der Waals surface area contributed by atoms with Crippen LogP contribution in [0.3, 0.4) is 0 Å². The van der Waals surface area contributed by atoms with Crippen molar-refractivity contribution in [3.05, 3.63) is 0 Å². The Labute approximate surface area is 274 Å². The Balaban J connectivity index is 4.09. The number of nitrogens with zero attached hydrogens (tertiary/aromatic N) is 1. The first kappa shape index (κ1) is 44.0. The van der Waals surface area contributed by atoms with E-state index in [0.717, 1.165) is 25.7 Å². The summed E-state index contributed by atoms with van der Waals surface area (Å²) in [7, 11) is 1.56. The van der Waals surface area contributed by atoms with Gasteiger partial charge in [-0.1, -0.05) is 155 Å². The highest BCUT2D eigenvalue weighted by molar-refractivity contribution is 7.45. The normalized spacial score (nSPS) is 14.2. The van der Waals surface area contributed by atoms with Crippen molar-refractivity contribution in [1.82, 2.24) is 0 Å². The van der Waals surface area contributed by atoms with Crippen molar-refractivity contribution in [2.45, 2.75) is 174 Å². The van der Waals surface area contributed by atoms with Crippen molar-refractivity contribution in [1.29, 1.82) is 0 Å². The van der Waals surface area contributed by atoms with E-state index in [4.69, 9.17) is 18.5 Å². The maximum Gasteiger partial charge on any atom is 0.268 e. The molecule has 0 saturated heterocycles. The van der Waals surface area contributed by atoms with E-state index in [1.807, 2.05) is 21.1 Å². The van der Waals surface area contributed by atoms with Crippen LogP contribution in [0.2, 0.25) is 0 Å². The first-order valence-electron chi connectivity index (χ1n) is 18.8. The smallest absolute Gasteiger partial charge is 0.268 e. The lowest BCUT2D eigenvalue weighted by Crippen LogP contribution is -2.38. The van der Waals surface area contributed by atoms with Crippen molar-refractivity contribution in [3.63, 3.8) is 0 Å². The van der Waals surface area contributed by atoms with Gasteiger partial charge in [0.25, 0.3) is 7.82 Å². The molecule has 0 aromatic carbocycles. The molecule has 0 bridgehead atoms. The molecule has 0 spiro atoms. The molecule has 2 atom stereocenters. The molecule has 0 aliphatic carbocycles. The van der Waals surface area contributed by atoms with Gasteiger partial charge in [0.15, 0.2) is 0 Å². The van der Waals surface area contributed by atoms with Crippen LogP contribution in [0.15, 0.2) is 0 Å². The number of phosphoric ester groups is 1. The van der Waals surface area contributed by atoms with E-state index in [2.05, 4.69) is 13.8 Å². The van der Waals surface area contributed by atoms with E-state index in [1.165, 1.54) is 128 Å². The van der Waals surface area contributed by atoms with Crippen LogP contribution in [0.25, 0.3) is 0 Å². The second kappa shape index (κ2) is 31.6. The summed E-state index contributed by atoms with van der Waals surface area (Å²) in [5.74, 6) is 0. The third-order valence-corrected chi connectivity index (χ3v) is 9.24. The molecular formula is C36H76NO6P. The summed E-state index contributed by atoms with van der Waals surface area (Å²) >= 11 is 0. The fraction of sp³-hybridized carbons (Fsp3) is 1.00. The van der Waals surface area contributed by atoms with Crippen LogP contribution in [0.4, 0.5) is 0 Å². The number of hydrogen-bond donors (Lipinski definition) is 0.